The minimum Gasteiger partial charge on any atom is -0.497 e. The first kappa shape index (κ1) is 22.5. The van der Waals surface area contributed by atoms with E-state index in [0.29, 0.717) is 18.8 Å². The van der Waals surface area contributed by atoms with Crippen molar-refractivity contribution in [3.05, 3.63) is 54.1 Å². The molecule has 0 unspecified atom stereocenters. The monoisotopic (exact) mass is 420 g/mol. The van der Waals surface area contributed by atoms with Crippen LogP contribution in [-0.2, 0) is 16.7 Å². The van der Waals surface area contributed by atoms with Gasteiger partial charge in [-0.1, -0.05) is 19.1 Å². The van der Waals surface area contributed by atoms with Crippen LogP contribution >= 0.6 is 0 Å². The van der Waals surface area contributed by atoms with Gasteiger partial charge in [0.1, 0.15) is 16.4 Å². The van der Waals surface area contributed by atoms with Gasteiger partial charge in [-0.3, -0.25) is 0 Å². The van der Waals surface area contributed by atoms with Crippen LogP contribution in [0.2, 0.25) is 0 Å². The number of benzene rings is 2. The quantitative estimate of drug-likeness (QED) is 0.624. The van der Waals surface area contributed by atoms with Crippen molar-refractivity contribution in [1.29, 1.82) is 0 Å². The second-order valence-corrected chi connectivity index (χ2v) is 8.13. The van der Waals surface area contributed by atoms with Crippen molar-refractivity contribution in [3.63, 3.8) is 0 Å². The van der Waals surface area contributed by atoms with Gasteiger partial charge >= 0.3 is 16.1 Å². The molecule has 2 amide bonds. The number of hydrogen-bond donors (Lipinski definition) is 1. The van der Waals surface area contributed by atoms with Crippen molar-refractivity contribution >= 4 is 16.1 Å². The highest BCUT2D eigenvalue weighted by Crippen LogP contribution is 2.23. The van der Waals surface area contributed by atoms with Crippen LogP contribution in [-0.4, -0.2) is 39.0 Å². The largest absolute Gasteiger partial charge is 0.497 e. The van der Waals surface area contributed by atoms with Crippen LogP contribution in [0.25, 0.3) is 0 Å². The Bertz CT molecular complexity index is 913. The van der Waals surface area contributed by atoms with Crippen molar-refractivity contribution in [2.24, 2.45) is 0 Å². The number of carbonyl (C=O) groups excluding carboxylic acids is 1. The zero-order chi connectivity index (χ0) is 21.4. The molecule has 1 N–H and O–H groups in total. The van der Waals surface area contributed by atoms with Gasteiger partial charge in [-0.25, -0.2) is 4.79 Å². The predicted octanol–water partition coefficient (Wildman–Crippen LogP) is 3.79. The number of nitrogens with one attached hydrogen (secondary N) is 1. The molecule has 1 atom stereocenters. The third-order valence-electron chi connectivity index (χ3n) is 4.52. The molecule has 0 radical (unpaired) electrons. The lowest BCUT2D eigenvalue weighted by atomic mass is 10.1. The van der Waals surface area contributed by atoms with E-state index in [9.17, 15) is 13.2 Å². The van der Waals surface area contributed by atoms with E-state index >= 15 is 0 Å². The summed E-state index contributed by atoms with van der Waals surface area (Å²) >= 11 is 0. The molecule has 0 spiro atoms. The summed E-state index contributed by atoms with van der Waals surface area (Å²) in [5.74, 6) is 0.750. The van der Waals surface area contributed by atoms with Crippen molar-refractivity contribution in [2.75, 3.05) is 13.7 Å². The second-order valence-electron chi connectivity index (χ2n) is 6.58. The molecule has 0 saturated heterocycles. The topological polar surface area (TPSA) is 84.9 Å². The highest BCUT2D eigenvalue weighted by atomic mass is 32.2. The summed E-state index contributed by atoms with van der Waals surface area (Å²) in [6.45, 7) is 6.74. The lowest BCUT2D eigenvalue weighted by Gasteiger charge is -2.28. The van der Waals surface area contributed by atoms with E-state index in [0.717, 1.165) is 12.0 Å². The molecule has 7 nitrogen and oxygen atoms in total. The number of carbonyl (C=O) groups is 1. The van der Waals surface area contributed by atoms with Gasteiger partial charge in [-0.2, -0.15) is 8.42 Å². The number of amides is 2. The van der Waals surface area contributed by atoms with Crippen LogP contribution in [0.5, 0.6) is 11.5 Å². The van der Waals surface area contributed by atoms with Crippen LogP contribution in [0, 0.1) is 0 Å². The normalized spacial score (nSPS) is 12.1. The van der Waals surface area contributed by atoms with E-state index in [1.807, 2.05) is 26.8 Å². The first-order chi connectivity index (χ1) is 13.8. The highest BCUT2D eigenvalue weighted by molar-refractivity contribution is 7.87. The van der Waals surface area contributed by atoms with Gasteiger partial charge in [0.15, 0.2) is 0 Å². The number of methoxy groups -OCH3 is 1. The standard InChI is InChI=1S/C21H28N2O5S/c1-5-16(3)23(21(24)22-6-2)15-17-8-7-9-19(14-17)28-29(25,26)20-12-10-18(27-4)11-13-20/h7-14,16H,5-6,15H2,1-4H3,(H,22,24)/t16-/m0/s1. The fraction of sp³-hybridized carbons (Fsp3) is 0.381. The fourth-order valence-electron chi connectivity index (χ4n) is 2.71. The van der Waals surface area contributed by atoms with Crippen LogP contribution in [0.1, 0.15) is 32.8 Å². The maximum absolute atomic E-state index is 12.5. The average molecular weight is 421 g/mol. The Balaban J connectivity index is 2.20. The summed E-state index contributed by atoms with van der Waals surface area (Å²) in [4.78, 5) is 14.1. The molecule has 0 fully saturated rings. The molecule has 0 aliphatic rings. The molecular formula is C21H28N2O5S. The van der Waals surface area contributed by atoms with E-state index in [-0.39, 0.29) is 22.7 Å². The Labute approximate surface area is 172 Å². The molecule has 0 aromatic heterocycles. The van der Waals surface area contributed by atoms with Gasteiger partial charge in [0.05, 0.1) is 7.11 Å². The number of nitrogens with zero attached hydrogens (tertiary/aromatic N) is 1. The molecular weight excluding hydrogens is 392 g/mol. The third kappa shape index (κ3) is 6.12. The molecule has 2 rings (SSSR count). The van der Waals surface area contributed by atoms with Crippen LogP contribution < -0.4 is 14.2 Å². The first-order valence-corrected chi connectivity index (χ1v) is 10.9. The van der Waals surface area contributed by atoms with E-state index in [1.165, 1.54) is 19.2 Å². The number of urea groups is 1. The maximum atomic E-state index is 12.5. The van der Waals surface area contributed by atoms with E-state index in [4.69, 9.17) is 8.92 Å². The Morgan fingerprint density at radius 3 is 2.38 bits per heavy atom. The second kappa shape index (κ2) is 10.2. The molecule has 158 valence electrons. The molecule has 0 heterocycles. The van der Waals surface area contributed by atoms with Gasteiger partial charge in [0.25, 0.3) is 0 Å². The van der Waals surface area contributed by atoms with Gasteiger partial charge < -0.3 is 19.1 Å². The lowest BCUT2D eigenvalue weighted by Crippen LogP contribution is -2.44. The molecule has 8 heteroatoms. The van der Waals surface area contributed by atoms with E-state index < -0.39 is 10.1 Å². The van der Waals surface area contributed by atoms with Gasteiger partial charge in [-0.15, -0.1) is 0 Å². The zero-order valence-corrected chi connectivity index (χ0v) is 18.0. The fourth-order valence-corrected chi connectivity index (χ4v) is 3.63. The number of hydrogen-bond acceptors (Lipinski definition) is 5. The summed E-state index contributed by atoms with van der Waals surface area (Å²) in [7, 11) is -2.47. The Morgan fingerprint density at radius 1 is 1.10 bits per heavy atom. The number of rotatable bonds is 9. The average Bonchev–Trinajstić information content (AvgIpc) is 2.71. The lowest BCUT2D eigenvalue weighted by molar-refractivity contribution is 0.174. The van der Waals surface area contributed by atoms with Crippen molar-refractivity contribution in [1.82, 2.24) is 10.2 Å². The smallest absolute Gasteiger partial charge is 0.339 e. The van der Waals surface area contributed by atoms with Crippen LogP contribution in [0.4, 0.5) is 4.79 Å². The minimum absolute atomic E-state index is 0.0345. The molecule has 29 heavy (non-hydrogen) atoms. The van der Waals surface area contributed by atoms with Gasteiger partial charge in [0.2, 0.25) is 0 Å². The molecule has 0 saturated carbocycles. The molecule has 2 aromatic rings. The number of ether oxygens (including phenoxy) is 1. The minimum atomic E-state index is -3.98. The predicted molar refractivity (Wildman–Crippen MR) is 112 cm³/mol. The third-order valence-corrected chi connectivity index (χ3v) is 5.78. The zero-order valence-electron chi connectivity index (χ0n) is 17.2. The SMILES string of the molecule is CCNC(=O)N(Cc1cccc(OS(=O)(=O)c2ccc(OC)cc2)c1)[C@@H](C)CC. The summed E-state index contributed by atoms with van der Waals surface area (Å²) < 4.78 is 35.4. The molecule has 0 aliphatic carbocycles. The van der Waals surface area contributed by atoms with Crippen molar-refractivity contribution in [3.8, 4) is 11.5 Å². The summed E-state index contributed by atoms with van der Waals surface area (Å²) in [6, 6.07) is 12.6. The maximum Gasteiger partial charge on any atom is 0.339 e. The Morgan fingerprint density at radius 2 is 1.79 bits per heavy atom. The van der Waals surface area contributed by atoms with Crippen molar-refractivity contribution in [2.45, 2.75) is 44.7 Å². The highest BCUT2D eigenvalue weighted by Gasteiger charge is 2.20. The van der Waals surface area contributed by atoms with Crippen LogP contribution in [0.3, 0.4) is 0 Å². The summed E-state index contributed by atoms with van der Waals surface area (Å²) in [5, 5.41) is 2.81. The van der Waals surface area contributed by atoms with Gasteiger partial charge in [-0.05, 0) is 62.2 Å². The summed E-state index contributed by atoms with van der Waals surface area (Å²) in [5.41, 5.74) is 0.777. The molecule has 0 bridgehead atoms. The van der Waals surface area contributed by atoms with Crippen molar-refractivity contribution < 1.29 is 22.1 Å². The summed E-state index contributed by atoms with van der Waals surface area (Å²) in [6.07, 6.45) is 0.805. The van der Waals surface area contributed by atoms with E-state index in [2.05, 4.69) is 5.32 Å². The Kier molecular flexibility index (Phi) is 7.90. The first-order valence-electron chi connectivity index (χ1n) is 9.52. The van der Waals surface area contributed by atoms with Crippen LogP contribution in [0.15, 0.2) is 53.4 Å². The van der Waals surface area contributed by atoms with E-state index in [1.54, 1.807) is 35.2 Å². The Hall–Kier alpha value is -2.74. The van der Waals surface area contributed by atoms with Gasteiger partial charge in [0, 0.05) is 19.1 Å². The molecule has 2 aromatic carbocycles. The molecule has 0 aliphatic heterocycles.